The van der Waals surface area contributed by atoms with Gasteiger partial charge in [-0.2, -0.15) is 0 Å². The predicted molar refractivity (Wildman–Crippen MR) is 76.6 cm³/mol. The van der Waals surface area contributed by atoms with Crippen LogP contribution < -0.4 is 5.32 Å². The number of benzene rings is 1. The van der Waals surface area contributed by atoms with Gasteiger partial charge in [-0.1, -0.05) is 5.16 Å². The van der Waals surface area contributed by atoms with Crippen molar-refractivity contribution in [1.29, 1.82) is 0 Å². The maximum Gasteiger partial charge on any atom is 0.273 e. The Balaban J connectivity index is 2.21. The number of hydrogen-bond acceptors (Lipinski definition) is 6. The molecule has 1 atom stereocenters. The Morgan fingerprint density at radius 1 is 1.45 bits per heavy atom. The lowest BCUT2D eigenvalue weighted by Gasteiger charge is -2.14. The van der Waals surface area contributed by atoms with E-state index >= 15 is 0 Å². The van der Waals surface area contributed by atoms with E-state index in [9.17, 15) is 20.0 Å². The third-order valence-electron chi connectivity index (χ3n) is 3.31. The second-order valence-corrected chi connectivity index (χ2v) is 4.89. The fourth-order valence-corrected chi connectivity index (χ4v) is 2.28. The number of phenols is 1. The highest BCUT2D eigenvalue weighted by atomic mass is 16.6. The van der Waals surface area contributed by atoms with Crippen molar-refractivity contribution in [3.05, 3.63) is 50.9 Å². The molecule has 0 radical (unpaired) electrons. The van der Waals surface area contributed by atoms with Gasteiger partial charge >= 0.3 is 0 Å². The monoisotopic (exact) mass is 305 g/mol. The number of hydrogen-bond donors (Lipinski definition) is 2. The van der Waals surface area contributed by atoms with Crippen LogP contribution in [0.4, 0.5) is 5.69 Å². The van der Waals surface area contributed by atoms with Crippen LogP contribution in [0, 0.1) is 24.0 Å². The van der Waals surface area contributed by atoms with E-state index in [0.717, 1.165) is 17.7 Å². The van der Waals surface area contributed by atoms with Crippen LogP contribution in [0.5, 0.6) is 5.75 Å². The van der Waals surface area contributed by atoms with Crippen LogP contribution in [0.2, 0.25) is 0 Å². The van der Waals surface area contributed by atoms with Crippen LogP contribution in [0.15, 0.2) is 22.7 Å². The van der Waals surface area contributed by atoms with Crippen LogP contribution in [-0.2, 0) is 0 Å². The van der Waals surface area contributed by atoms with Crippen LogP contribution in [0.3, 0.4) is 0 Å². The number of amides is 1. The Morgan fingerprint density at radius 2 is 2.14 bits per heavy atom. The topological polar surface area (TPSA) is 119 Å². The molecule has 1 aromatic carbocycles. The summed E-state index contributed by atoms with van der Waals surface area (Å²) < 4.78 is 5.04. The van der Waals surface area contributed by atoms with E-state index in [1.54, 1.807) is 20.8 Å². The number of nitrogens with zero attached hydrogens (tertiary/aromatic N) is 2. The third kappa shape index (κ3) is 2.90. The number of aromatic hydroxyl groups is 1. The molecule has 0 saturated heterocycles. The lowest BCUT2D eigenvalue weighted by molar-refractivity contribution is -0.384. The van der Waals surface area contributed by atoms with Crippen molar-refractivity contribution >= 4 is 11.6 Å². The van der Waals surface area contributed by atoms with Crippen molar-refractivity contribution in [1.82, 2.24) is 10.5 Å². The molecule has 1 amide bonds. The van der Waals surface area contributed by atoms with Crippen LogP contribution >= 0.6 is 0 Å². The van der Waals surface area contributed by atoms with Gasteiger partial charge in [-0.05, 0) is 26.8 Å². The minimum Gasteiger partial charge on any atom is -0.507 e. The molecule has 1 unspecified atom stereocenters. The van der Waals surface area contributed by atoms with Gasteiger partial charge in [0.1, 0.15) is 11.5 Å². The van der Waals surface area contributed by atoms with Gasteiger partial charge in [0.25, 0.3) is 11.6 Å². The molecule has 2 N–H and O–H groups in total. The highest BCUT2D eigenvalue weighted by molar-refractivity contribution is 5.97. The fourth-order valence-electron chi connectivity index (χ4n) is 2.28. The maximum absolute atomic E-state index is 12.2. The SMILES string of the molecule is Cc1noc(C)c1C(C)NC(=O)c1ccc([N+](=O)[O-])cc1O. The molecule has 0 aliphatic rings. The Bertz CT molecular complexity index is 719. The first-order valence-corrected chi connectivity index (χ1v) is 6.52. The van der Waals surface area contributed by atoms with Crippen molar-refractivity contribution < 1.29 is 19.3 Å². The van der Waals surface area contributed by atoms with Gasteiger partial charge in [0.15, 0.2) is 0 Å². The van der Waals surface area contributed by atoms with E-state index in [4.69, 9.17) is 4.52 Å². The highest BCUT2D eigenvalue weighted by Crippen LogP contribution is 2.25. The zero-order chi connectivity index (χ0) is 16.4. The van der Waals surface area contributed by atoms with E-state index in [1.807, 2.05) is 0 Å². The molecule has 0 aliphatic carbocycles. The summed E-state index contributed by atoms with van der Waals surface area (Å²) in [6.45, 7) is 5.26. The number of nitro benzene ring substituents is 1. The van der Waals surface area contributed by atoms with Crippen molar-refractivity contribution in [2.24, 2.45) is 0 Å². The number of non-ortho nitro benzene ring substituents is 1. The van der Waals surface area contributed by atoms with Crippen LogP contribution in [0.1, 0.15) is 40.3 Å². The molecular weight excluding hydrogens is 290 g/mol. The summed E-state index contributed by atoms with van der Waals surface area (Å²) >= 11 is 0. The lowest BCUT2D eigenvalue weighted by Crippen LogP contribution is -2.27. The predicted octanol–water partition coefficient (Wildman–Crippen LogP) is 2.40. The van der Waals surface area contributed by atoms with Gasteiger partial charge < -0.3 is 14.9 Å². The van der Waals surface area contributed by atoms with E-state index in [2.05, 4.69) is 10.5 Å². The van der Waals surface area contributed by atoms with Crippen LogP contribution in [0.25, 0.3) is 0 Å². The first kappa shape index (κ1) is 15.5. The number of phenolic OH excluding ortho intramolecular Hbond substituents is 1. The largest absolute Gasteiger partial charge is 0.507 e. The van der Waals surface area contributed by atoms with E-state index < -0.39 is 16.6 Å². The number of nitro groups is 1. The number of carbonyl (C=O) groups excluding carboxylic acids is 1. The molecule has 22 heavy (non-hydrogen) atoms. The number of rotatable bonds is 4. The van der Waals surface area contributed by atoms with Gasteiger partial charge in [0, 0.05) is 11.6 Å². The van der Waals surface area contributed by atoms with E-state index in [1.165, 1.54) is 6.07 Å². The van der Waals surface area contributed by atoms with Crippen molar-refractivity contribution in [2.45, 2.75) is 26.8 Å². The zero-order valence-corrected chi connectivity index (χ0v) is 12.3. The molecule has 8 heteroatoms. The van der Waals surface area contributed by atoms with E-state index in [0.29, 0.717) is 11.5 Å². The van der Waals surface area contributed by atoms with Crippen molar-refractivity contribution in [3.63, 3.8) is 0 Å². The average molecular weight is 305 g/mol. The Kier molecular flexibility index (Phi) is 4.11. The summed E-state index contributed by atoms with van der Waals surface area (Å²) in [5.41, 5.74) is 1.10. The van der Waals surface area contributed by atoms with Gasteiger partial charge in [-0.3, -0.25) is 14.9 Å². The molecule has 0 spiro atoms. The van der Waals surface area contributed by atoms with Crippen molar-refractivity contribution in [2.75, 3.05) is 0 Å². The molecule has 2 aromatic rings. The normalized spacial score (nSPS) is 12.0. The molecule has 0 aliphatic heterocycles. The quantitative estimate of drug-likeness (QED) is 0.661. The Hall–Kier alpha value is -2.90. The zero-order valence-electron chi connectivity index (χ0n) is 12.3. The number of aryl methyl sites for hydroxylation is 2. The second-order valence-electron chi connectivity index (χ2n) is 4.89. The number of nitrogens with one attached hydrogen (secondary N) is 1. The van der Waals surface area contributed by atoms with Crippen LogP contribution in [-0.4, -0.2) is 21.1 Å². The van der Waals surface area contributed by atoms with Crippen molar-refractivity contribution in [3.8, 4) is 5.75 Å². The fraction of sp³-hybridized carbons (Fsp3) is 0.286. The molecule has 1 heterocycles. The molecular formula is C14H15N3O5. The van der Waals surface area contributed by atoms with Gasteiger partial charge in [0.05, 0.1) is 28.3 Å². The Morgan fingerprint density at radius 3 is 2.64 bits per heavy atom. The third-order valence-corrected chi connectivity index (χ3v) is 3.31. The highest BCUT2D eigenvalue weighted by Gasteiger charge is 2.21. The summed E-state index contributed by atoms with van der Waals surface area (Å²) in [4.78, 5) is 22.2. The molecule has 0 bridgehead atoms. The number of carbonyl (C=O) groups is 1. The standard InChI is InChI=1S/C14H15N3O5/c1-7(13-8(2)16-22-9(13)3)15-14(19)11-5-4-10(17(20)21)6-12(11)18/h4-7,18H,1-3H3,(H,15,19). The van der Waals surface area contributed by atoms with Gasteiger partial charge in [-0.15, -0.1) is 0 Å². The maximum atomic E-state index is 12.2. The average Bonchev–Trinajstić information content (AvgIpc) is 2.77. The summed E-state index contributed by atoms with van der Waals surface area (Å²) in [7, 11) is 0. The summed E-state index contributed by atoms with van der Waals surface area (Å²) in [6.07, 6.45) is 0. The van der Waals surface area contributed by atoms with Gasteiger partial charge in [0.2, 0.25) is 0 Å². The first-order chi connectivity index (χ1) is 10.3. The molecule has 8 nitrogen and oxygen atoms in total. The van der Waals surface area contributed by atoms with E-state index in [-0.39, 0.29) is 17.3 Å². The molecule has 2 rings (SSSR count). The minimum absolute atomic E-state index is 0.0378. The minimum atomic E-state index is -0.645. The summed E-state index contributed by atoms with van der Waals surface area (Å²) in [5, 5.41) is 26.9. The first-order valence-electron chi connectivity index (χ1n) is 6.52. The second kappa shape index (κ2) is 5.84. The smallest absolute Gasteiger partial charge is 0.273 e. The Labute approximate surface area is 125 Å². The number of aromatic nitrogens is 1. The molecule has 0 fully saturated rings. The van der Waals surface area contributed by atoms with Gasteiger partial charge in [-0.25, -0.2) is 0 Å². The summed E-state index contributed by atoms with van der Waals surface area (Å²) in [5.74, 6) is -0.393. The molecule has 1 aromatic heterocycles. The summed E-state index contributed by atoms with van der Waals surface area (Å²) in [6, 6.07) is 2.93. The molecule has 116 valence electrons. The lowest BCUT2D eigenvalue weighted by atomic mass is 10.1. The molecule has 0 saturated carbocycles.